The first kappa shape index (κ1) is 45.5. The van der Waals surface area contributed by atoms with Crippen LogP contribution in [-0.2, 0) is 13.1 Å². The number of ether oxygens (including phenoxy) is 2. The Labute approximate surface area is 366 Å². The highest BCUT2D eigenvalue weighted by molar-refractivity contribution is 9.09. The number of fused-ring (bicyclic) bond motifs is 2. The number of aliphatic hydroxyl groups is 1. The molecule has 5 nitrogen and oxygen atoms in total. The van der Waals surface area contributed by atoms with Crippen LogP contribution in [0, 0.1) is 27.7 Å². The van der Waals surface area contributed by atoms with Crippen molar-refractivity contribution in [3.63, 3.8) is 0 Å². The number of aryl methyl sites for hydroxylation is 4. The summed E-state index contributed by atoms with van der Waals surface area (Å²) < 4.78 is 16.0. The molecule has 312 valence electrons. The number of aromatic nitrogens is 2. The number of hydrogen-bond donors (Lipinski definition) is 1. The van der Waals surface area contributed by atoms with E-state index in [1.165, 1.54) is 77.7 Å². The molecule has 6 heteroatoms. The third-order valence-corrected chi connectivity index (χ3v) is 10.6. The number of benzene rings is 6. The topological polar surface area (TPSA) is 48.5 Å². The summed E-state index contributed by atoms with van der Waals surface area (Å²) >= 11 is 3.40. The van der Waals surface area contributed by atoms with Gasteiger partial charge in [0.25, 0.3) is 0 Å². The van der Waals surface area contributed by atoms with E-state index in [0.29, 0.717) is 13.2 Å². The van der Waals surface area contributed by atoms with E-state index in [1.807, 2.05) is 39.8 Å². The Hall–Kier alpha value is -5.56. The molecule has 2 heterocycles. The second-order valence-corrected chi connectivity index (χ2v) is 15.1. The van der Waals surface area contributed by atoms with Crippen molar-refractivity contribution in [1.82, 2.24) is 9.13 Å². The fourth-order valence-corrected chi connectivity index (χ4v) is 7.77. The summed E-state index contributed by atoms with van der Waals surface area (Å²) in [7, 11) is 0. The molecule has 0 aliphatic carbocycles. The third-order valence-electron chi connectivity index (χ3n) is 10.3. The molecule has 0 spiro atoms. The van der Waals surface area contributed by atoms with Gasteiger partial charge in [-0.05, 0) is 110 Å². The van der Waals surface area contributed by atoms with Crippen molar-refractivity contribution >= 4 is 37.7 Å². The summed E-state index contributed by atoms with van der Waals surface area (Å²) in [5.41, 5.74) is 15.3. The summed E-state index contributed by atoms with van der Waals surface area (Å²) in [5, 5.41) is 12.4. The molecule has 8 aromatic rings. The predicted octanol–water partition coefficient (Wildman–Crippen LogP) is 14.1. The van der Waals surface area contributed by atoms with Crippen LogP contribution in [0.15, 0.2) is 146 Å². The lowest BCUT2D eigenvalue weighted by Gasteiger charge is -2.13. The molecule has 6 aromatic carbocycles. The normalized spacial score (nSPS) is 10.6. The van der Waals surface area contributed by atoms with Gasteiger partial charge in [-0.25, -0.2) is 0 Å². The maximum absolute atomic E-state index is 8.91. The summed E-state index contributed by atoms with van der Waals surface area (Å²) in [5.74, 6) is 1.70. The van der Waals surface area contributed by atoms with Gasteiger partial charge in [0.05, 0.1) is 24.6 Å². The van der Waals surface area contributed by atoms with Gasteiger partial charge >= 0.3 is 0 Å². The molecule has 0 atom stereocenters. The molecule has 0 amide bonds. The molecule has 0 saturated heterocycles. The average molecular weight is 866 g/mol. The van der Waals surface area contributed by atoms with Crippen LogP contribution in [0.3, 0.4) is 0 Å². The lowest BCUT2D eigenvalue weighted by Crippen LogP contribution is -2.03. The van der Waals surface area contributed by atoms with Gasteiger partial charge in [-0.2, -0.15) is 0 Å². The summed E-state index contributed by atoms with van der Waals surface area (Å²) in [6, 6.07) is 51.3. The van der Waals surface area contributed by atoms with E-state index in [2.05, 4.69) is 186 Å². The fraction of sp³-hybridized carbons (Fsp3) is 0.259. The second-order valence-electron chi connectivity index (χ2n) is 14.3. The molecule has 8 rings (SSSR count). The molecule has 0 aliphatic heterocycles. The predicted molar refractivity (Wildman–Crippen MR) is 259 cm³/mol. The van der Waals surface area contributed by atoms with Crippen molar-refractivity contribution in [3.05, 3.63) is 179 Å². The van der Waals surface area contributed by atoms with Crippen LogP contribution in [0.4, 0.5) is 0 Å². The number of hydrogen-bond acceptors (Lipinski definition) is 3. The number of rotatable bonds is 12. The van der Waals surface area contributed by atoms with E-state index in [9.17, 15) is 0 Å². The Kier molecular flexibility index (Phi) is 17.2. The molecule has 0 unspecified atom stereocenters. The van der Waals surface area contributed by atoms with Crippen LogP contribution in [0.1, 0.15) is 61.1 Å². The number of halogens is 1. The smallest absolute Gasteiger partial charge is 0.119 e. The maximum Gasteiger partial charge on any atom is 0.119 e. The third kappa shape index (κ3) is 11.0. The number of alkyl halides is 1. The molecule has 0 radical (unpaired) electrons. The maximum atomic E-state index is 8.91. The van der Waals surface area contributed by atoms with Crippen molar-refractivity contribution < 1.29 is 14.6 Å². The molecule has 0 bridgehead atoms. The van der Waals surface area contributed by atoms with E-state index in [1.54, 1.807) is 0 Å². The minimum atomic E-state index is 0.0240. The highest BCUT2D eigenvalue weighted by Crippen LogP contribution is 2.36. The molecule has 60 heavy (non-hydrogen) atoms. The monoisotopic (exact) mass is 864 g/mol. The number of nitrogens with zero attached hydrogens (tertiary/aromatic N) is 2. The van der Waals surface area contributed by atoms with Crippen molar-refractivity contribution in [3.8, 4) is 34.0 Å². The zero-order valence-electron chi connectivity index (χ0n) is 36.6. The van der Waals surface area contributed by atoms with E-state index in [4.69, 9.17) is 14.6 Å². The zero-order valence-corrected chi connectivity index (χ0v) is 38.2. The lowest BCUT2D eigenvalue weighted by atomic mass is 10.1. The van der Waals surface area contributed by atoms with Crippen LogP contribution in [-0.4, -0.2) is 39.4 Å². The van der Waals surface area contributed by atoms with Gasteiger partial charge in [-0.3, -0.25) is 0 Å². The average Bonchev–Trinajstić information content (AvgIpc) is 3.72. The van der Waals surface area contributed by atoms with E-state index in [-0.39, 0.29) is 6.61 Å². The first-order valence-electron chi connectivity index (χ1n) is 21.2. The Morgan fingerprint density at radius 1 is 0.483 bits per heavy atom. The highest BCUT2D eigenvalue weighted by atomic mass is 79.9. The van der Waals surface area contributed by atoms with Crippen molar-refractivity contribution in [2.45, 2.75) is 68.5 Å². The highest BCUT2D eigenvalue weighted by Gasteiger charge is 2.18. The van der Waals surface area contributed by atoms with E-state index < -0.39 is 0 Å². The molecular weight excluding hydrogens is 805 g/mol. The Morgan fingerprint density at radius 2 is 0.867 bits per heavy atom. The first-order valence-corrected chi connectivity index (χ1v) is 22.4. The van der Waals surface area contributed by atoms with Gasteiger partial charge in [0, 0.05) is 40.2 Å². The van der Waals surface area contributed by atoms with Gasteiger partial charge in [0.1, 0.15) is 18.1 Å². The molecule has 1 N–H and O–H groups in total. The van der Waals surface area contributed by atoms with Crippen LogP contribution in [0.5, 0.6) is 11.5 Å². The summed E-state index contributed by atoms with van der Waals surface area (Å²) in [6.45, 7) is 19.4. The molecule has 0 saturated carbocycles. The minimum absolute atomic E-state index is 0.0240. The summed E-state index contributed by atoms with van der Waals surface area (Å²) in [6.07, 6.45) is 0. The minimum Gasteiger partial charge on any atom is -0.493 e. The quantitative estimate of drug-likeness (QED) is 0.124. The van der Waals surface area contributed by atoms with Crippen LogP contribution < -0.4 is 9.47 Å². The summed E-state index contributed by atoms with van der Waals surface area (Å²) in [4.78, 5) is 0. The van der Waals surface area contributed by atoms with Crippen LogP contribution in [0.2, 0.25) is 0 Å². The molecule has 0 fully saturated rings. The Morgan fingerprint density at radius 3 is 1.23 bits per heavy atom. The standard InChI is InChI=1S/C25H24BrNO.C25H25NO2.2C2H6/c1-18-8-13-24-23(16-18)19(2)25(21-6-4-3-5-7-21)27(24)17-20-9-11-22(12-10-20)28-15-14-26;1-18-8-13-24-23(16-18)19(2)25(21-6-4-3-5-7-21)26(24)17-20-9-11-22(12-10-20)28-15-14-27;2*1-2/h3-13,16H,14-15,17H2,1-2H3;3-13,16,27H,14-15,17H2,1-2H3;2*1-2H3. The van der Waals surface area contributed by atoms with E-state index >= 15 is 0 Å². The first-order chi connectivity index (χ1) is 29.3. The van der Waals surface area contributed by atoms with E-state index in [0.717, 1.165) is 29.9 Å². The van der Waals surface area contributed by atoms with Gasteiger partial charge in [-0.1, -0.05) is 152 Å². The van der Waals surface area contributed by atoms with Gasteiger partial charge in [0.15, 0.2) is 0 Å². The lowest BCUT2D eigenvalue weighted by molar-refractivity contribution is 0.201. The Bertz CT molecular complexity index is 2340. The Balaban J connectivity index is 0.000000210. The molecule has 0 aliphatic rings. The van der Waals surface area contributed by atoms with Crippen molar-refractivity contribution in [2.75, 3.05) is 25.2 Å². The second kappa shape index (κ2) is 22.7. The van der Waals surface area contributed by atoms with Gasteiger partial charge in [0.2, 0.25) is 0 Å². The van der Waals surface area contributed by atoms with Crippen LogP contribution in [0.25, 0.3) is 44.3 Å². The molecule has 2 aromatic heterocycles. The van der Waals surface area contributed by atoms with Crippen molar-refractivity contribution in [1.29, 1.82) is 0 Å². The van der Waals surface area contributed by atoms with Crippen molar-refractivity contribution in [2.24, 2.45) is 0 Å². The zero-order chi connectivity index (χ0) is 43.0. The SMILES string of the molecule is CC.CC.Cc1ccc2c(c1)c(C)c(-c1ccccc1)n2Cc1ccc(OCCBr)cc1.Cc1ccc2c(c1)c(C)c(-c1ccccc1)n2Cc1ccc(OCCO)cc1. The van der Waals surface area contributed by atoms with Crippen LogP contribution >= 0.6 is 15.9 Å². The van der Waals surface area contributed by atoms with Gasteiger partial charge in [-0.15, -0.1) is 0 Å². The molecular formula is C54H61BrN2O3. The van der Waals surface area contributed by atoms with Gasteiger partial charge < -0.3 is 23.7 Å². The largest absolute Gasteiger partial charge is 0.493 e. The fourth-order valence-electron chi connectivity index (χ4n) is 7.60. The number of aliphatic hydroxyl groups excluding tert-OH is 1.